The number of nitrogens with zero attached hydrogens (tertiary/aromatic N) is 3. The molecule has 1 aliphatic rings. The Balaban J connectivity index is 2.41. The third-order valence-electron chi connectivity index (χ3n) is 2.58. The van der Waals surface area contributed by atoms with Crippen LogP contribution < -0.4 is 11.1 Å². The van der Waals surface area contributed by atoms with Crippen LogP contribution in [-0.2, 0) is 9.53 Å². The second-order valence-electron chi connectivity index (χ2n) is 3.85. The smallest absolute Gasteiger partial charge is 0.237 e. The Morgan fingerprint density at radius 1 is 1.75 bits per heavy atom. The molecule has 0 radical (unpaired) electrons. The number of carbonyl (C=O) groups excluding carboxylic acids is 1. The van der Waals surface area contributed by atoms with E-state index >= 15 is 0 Å². The van der Waals surface area contributed by atoms with Gasteiger partial charge in [-0.2, -0.15) is 0 Å². The monoisotopic (exact) mass is 227 g/mol. The Bertz CT molecular complexity index is 290. The highest BCUT2D eigenvalue weighted by Crippen LogP contribution is 2.21. The standard InChI is InChI=1S/C9H17N5O2/c1-6-2-3-7(16-6)8(9(10)15)12-4-5-13-14-11/h6-8,12H,2-5H2,1H3,(H2,10,15). The molecule has 3 unspecified atom stereocenters. The Labute approximate surface area is 94.0 Å². The fraction of sp³-hybridized carbons (Fsp3) is 0.889. The number of hydrogen-bond donors (Lipinski definition) is 2. The van der Waals surface area contributed by atoms with Gasteiger partial charge in [-0.15, -0.1) is 0 Å². The molecule has 7 heteroatoms. The summed E-state index contributed by atoms with van der Waals surface area (Å²) < 4.78 is 5.57. The minimum atomic E-state index is -0.501. The number of azide groups is 1. The highest BCUT2D eigenvalue weighted by Gasteiger charge is 2.32. The van der Waals surface area contributed by atoms with Crippen molar-refractivity contribution in [2.75, 3.05) is 13.1 Å². The fourth-order valence-corrected chi connectivity index (χ4v) is 1.81. The predicted octanol–water partition coefficient (Wildman–Crippen LogP) is 0.308. The number of nitrogens with two attached hydrogens (primary N) is 1. The summed E-state index contributed by atoms with van der Waals surface area (Å²) in [5.74, 6) is -0.431. The second kappa shape index (κ2) is 6.32. The normalized spacial score (nSPS) is 26.1. The number of amides is 1. The highest BCUT2D eigenvalue weighted by atomic mass is 16.5. The average Bonchev–Trinajstić information content (AvgIpc) is 2.64. The molecule has 1 saturated heterocycles. The van der Waals surface area contributed by atoms with E-state index in [0.29, 0.717) is 13.1 Å². The molecule has 1 aliphatic heterocycles. The molecule has 0 saturated carbocycles. The third-order valence-corrected chi connectivity index (χ3v) is 2.58. The first-order chi connectivity index (χ1) is 7.65. The molecular weight excluding hydrogens is 210 g/mol. The topological polar surface area (TPSA) is 113 Å². The van der Waals surface area contributed by atoms with Crippen molar-refractivity contribution >= 4 is 5.91 Å². The molecule has 0 bridgehead atoms. The molecule has 0 aromatic rings. The van der Waals surface area contributed by atoms with E-state index in [1.807, 2.05) is 6.92 Å². The first-order valence-corrected chi connectivity index (χ1v) is 5.34. The summed E-state index contributed by atoms with van der Waals surface area (Å²) in [5.41, 5.74) is 13.4. The number of rotatable bonds is 6. The van der Waals surface area contributed by atoms with Gasteiger partial charge in [-0.25, -0.2) is 0 Å². The van der Waals surface area contributed by atoms with Gasteiger partial charge in [-0.3, -0.25) is 4.79 Å². The van der Waals surface area contributed by atoms with Gasteiger partial charge < -0.3 is 15.8 Å². The Kier molecular flexibility index (Phi) is 5.04. The lowest BCUT2D eigenvalue weighted by atomic mass is 10.1. The SMILES string of the molecule is CC1CCC(C(NCCN=[N+]=[N-])C(N)=O)O1. The van der Waals surface area contributed by atoms with Crippen LogP contribution in [0.2, 0.25) is 0 Å². The molecule has 1 heterocycles. The second-order valence-corrected chi connectivity index (χ2v) is 3.85. The number of hydrogen-bond acceptors (Lipinski definition) is 4. The van der Waals surface area contributed by atoms with Crippen molar-refractivity contribution in [2.24, 2.45) is 10.8 Å². The maximum Gasteiger partial charge on any atom is 0.237 e. The van der Waals surface area contributed by atoms with Crippen molar-refractivity contribution in [2.45, 2.75) is 38.0 Å². The highest BCUT2D eigenvalue weighted by molar-refractivity contribution is 5.80. The van der Waals surface area contributed by atoms with Crippen LogP contribution in [0.5, 0.6) is 0 Å². The van der Waals surface area contributed by atoms with E-state index in [0.717, 1.165) is 12.8 Å². The van der Waals surface area contributed by atoms with E-state index in [1.165, 1.54) is 0 Å². The van der Waals surface area contributed by atoms with E-state index in [2.05, 4.69) is 15.3 Å². The first kappa shape index (κ1) is 12.8. The first-order valence-electron chi connectivity index (χ1n) is 5.34. The predicted molar refractivity (Wildman–Crippen MR) is 58.6 cm³/mol. The van der Waals surface area contributed by atoms with Gasteiger partial charge in [0.25, 0.3) is 0 Å². The number of carbonyl (C=O) groups is 1. The van der Waals surface area contributed by atoms with Crippen LogP contribution in [0.25, 0.3) is 10.4 Å². The molecule has 1 rings (SSSR count). The maximum atomic E-state index is 11.2. The van der Waals surface area contributed by atoms with E-state index < -0.39 is 11.9 Å². The summed E-state index contributed by atoms with van der Waals surface area (Å²) in [6.45, 7) is 2.69. The summed E-state index contributed by atoms with van der Waals surface area (Å²) in [6.07, 6.45) is 1.76. The zero-order valence-electron chi connectivity index (χ0n) is 9.30. The molecular formula is C9H17N5O2. The van der Waals surface area contributed by atoms with Gasteiger partial charge in [0.1, 0.15) is 6.04 Å². The number of primary amides is 1. The van der Waals surface area contributed by atoms with Crippen LogP contribution in [0.3, 0.4) is 0 Å². The van der Waals surface area contributed by atoms with Crippen LogP contribution >= 0.6 is 0 Å². The molecule has 1 fully saturated rings. The van der Waals surface area contributed by atoms with Crippen LogP contribution in [0.1, 0.15) is 19.8 Å². The lowest BCUT2D eigenvalue weighted by Crippen LogP contribution is -2.50. The average molecular weight is 227 g/mol. The molecule has 16 heavy (non-hydrogen) atoms. The summed E-state index contributed by atoms with van der Waals surface area (Å²) in [4.78, 5) is 13.9. The molecule has 90 valence electrons. The van der Waals surface area contributed by atoms with Crippen molar-refractivity contribution in [1.82, 2.24) is 5.32 Å². The molecule has 0 aromatic carbocycles. The minimum absolute atomic E-state index is 0.168. The Hall–Kier alpha value is -1.30. The van der Waals surface area contributed by atoms with Crippen molar-refractivity contribution in [3.63, 3.8) is 0 Å². The lowest BCUT2D eigenvalue weighted by molar-refractivity contribution is -0.123. The van der Waals surface area contributed by atoms with Crippen molar-refractivity contribution in [3.05, 3.63) is 10.4 Å². The zero-order valence-corrected chi connectivity index (χ0v) is 9.30. The van der Waals surface area contributed by atoms with E-state index in [-0.39, 0.29) is 12.2 Å². The summed E-state index contributed by atoms with van der Waals surface area (Å²) >= 11 is 0. The van der Waals surface area contributed by atoms with E-state index in [9.17, 15) is 4.79 Å². The summed E-state index contributed by atoms with van der Waals surface area (Å²) in [6, 6.07) is -0.501. The van der Waals surface area contributed by atoms with Gasteiger partial charge >= 0.3 is 0 Å². The van der Waals surface area contributed by atoms with Crippen molar-refractivity contribution < 1.29 is 9.53 Å². The third kappa shape index (κ3) is 3.69. The van der Waals surface area contributed by atoms with Crippen molar-refractivity contribution in [3.8, 4) is 0 Å². The van der Waals surface area contributed by atoms with Gasteiger partial charge in [0.15, 0.2) is 0 Å². The van der Waals surface area contributed by atoms with Gasteiger partial charge in [-0.1, -0.05) is 5.11 Å². The zero-order chi connectivity index (χ0) is 12.0. The van der Waals surface area contributed by atoms with Crippen molar-refractivity contribution in [1.29, 1.82) is 0 Å². The number of nitrogens with one attached hydrogen (secondary N) is 1. The van der Waals surface area contributed by atoms with Crippen LogP contribution in [-0.4, -0.2) is 37.2 Å². The molecule has 0 aromatic heterocycles. The van der Waals surface area contributed by atoms with Gasteiger partial charge in [0.05, 0.1) is 12.2 Å². The quantitative estimate of drug-likeness (QED) is 0.294. The molecule has 1 amide bonds. The fourth-order valence-electron chi connectivity index (χ4n) is 1.81. The Morgan fingerprint density at radius 3 is 3.00 bits per heavy atom. The van der Waals surface area contributed by atoms with E-state index in [4.69, 9.17) is 16.0 Å². The number of ether oxygens (including phenoxy) is 1. The van der Waals surface area contributed by atoms with E-state index in [1.54, 1.807) is 0 Å². The van der Waals surface area contributed by atoms with Crippen LogP contribution in [0.4, 0.5) is 0 Å². The molecule has 0 aliphatic carbocycles. The maximum absolute atomic E-state index is 11.2. The van der Waals surface area contributed by atoms with Crippen LogP contribution in [0, 0.1) is 0 Å². The van der Waals surface area contributed by atoms with Gasteiger partial charge in [-0.05, 0) is 25.3 Å². The molecule has 7 nitrogen and oxygen atoms in total. The largest absolute Gasteiger partial charge is 0.373 e. The Morgan fingerprint density at radius 2 is 2.50 bits per heavy atom. The summed E-state index contributed by atoms with van der Waals surface area (Å²) in [7, 11) is 0. The minimum Gasteiger partial charge on any atom is -0.373 e. The molecule has 3 atom stereocenters. The lowest BCUT2D eigenvalue weighted by Gasteiger charge is -2.21. The summed E-state index contributed by atoms with van der Waals surface area (Å²) in [5, 5.41) is 6.32. The van der Waals surface area contributed by atoms with Gasteiger partial charge in [0.2, 0.25) is 5.91 Å². The molecule has 0 spiro atoms. The van der Waals surface area contributed by atoms with Crippen LogP contribution in [0.15, 0.2) is 5.11 Å². The molecule has 3 N–H and O–H groups in total. The van der Waals surface area contributed by atoms with Gasteiger partial charge in [0, 0.05) is 18.0 Å².